The summed E-state index contributed by atoms with van der Waals surface area (Å²) in [6.45, 7) is 9.06. The van der Waals surface area contributed by atoms with E-state index in [9.17, 15) is 4.79 Å². The molecule has 1 N–H and O–H groups in total. The van der Waals surface area contributed by atoms with Gasteiger partial charge in [0.15, 0.2) is 0 Å². The number of ether oxygens (including phenoxy) is 2. The first-order valence-corrected chi connectivity index (χ1v) is 5.27. The smallest absolute Gasteiger partial charge is 0.312 e. The van der Waals surface area contributed by atoms with Crippen LogP contribution in [0.2, 0.25) is 0 Å². The number of carbonyl (C=O) groups excluding carboxylic acids is 1. The fraction of sp³-hybridized carbons (Fsp3) is 0.909. The van der Waals surface area contributed by atoms with Gasteiger partial charge in [0.05, 0.1) is 25.7 Å². The molecule has 0 spiro atoms. The molecule has 0 saturated carbocycles. The van der Waals surface area contributed by atoms with E-state index >= 15 is 0 Å². The maximum atomic E-state index is 11.4. The second-order valence-electron chi connectivity index (χ2n) is 5.28. The van der Waals surface area contributed by atoms with Crippen LogP contribution in [-0.4, -0.2) is 39.4 Å². The molecule has 4 nitrogen and oxygen atoms in total. The SMILES string of the molecule is COC(=O)C(C)(C)CNCC1(C)COC1. The van der Waals surface area contributed by atoms with Crippen molar-refractivity contribution in [1.29, 1.82) is 0 Å². The molecule has 1 aliphatic heterocycles. The van der Waals surface area contributed by atoms with Crippen LogP contribution in [0.15, 0.2) is 0 Å². The predicted molar refractivity (Wildman–Crippen MR) is 57.6 cm³/mol. The Bertz CT molecular complexity index is 234. The minimum atomic E-state index is -0.463. The molecule has 0 unspecified atom stereocenters. The van der Waals surface area contributed by atoms with Gasteiger partial charge in [0.1, 0.15) is 0 Å². The van der Waals surface area contributed by atoms with Crippen LogP contribution in [0.5, 0.6) is 0 Å². The number of nitrogens with one attached hydrogen (secondary N) is 1. The van der Waals surface area contributed by atoms with Gasteiger partial charge in [-0.3, -0.25) is 4.79 Å². The van der Waals surface area contributed by atoms with Gasteiger partial charge in [-0.05, 0) is 13.8 Å². The van der Waals surface area contributed by atoms with Crippen LogP contribution in [0.3, 0.4) is 0 Å². The minimum Gasteiger partial charge on any atom is -0.469 e. The normalized spacial score (nSPS) is 19.5. The third-order valence-electron chi connectivity index (χ3n) is 2.76. The highest BCUT2D eigenvalue weighted by molar-refractivity contribution is 5.76. The Morgan fingerprint density at radius 3 is 2.53 bits per heavy atom. The molecule has 1 saturated heterocycles. The summed E-state index contributed by atoms with van der Waals surface area (Å²) in [4.78, 5) is 11.4. The van der Waals surface area contributed by atoms with E-state index < -0.39 is 5.41 Å². The van der Waals surface area contributed by atoms with E-state index in [1.165, 1.54) is 7.11 Å². The summed E-state index contributed by atoms with van der Waals surface area (Å²) in [5, 5.41) is 3.30. The van der Waals surface area contributed by atoms with E-state index in [-0.39, 0.29) is 11.4 Å². The van der Waals surface area contributed by atoms with Gasteiger partial charge in [-0.15, -0.1) is 0 Å². The van der Waals surface area contributed by atoms with Crippen LogP contribution in [0.1, 0.15) is 20.8 Å². The number of methoxy groups -OCH3 is 1. The molecule has 1 aliphatic rings. The van der Waals surface area contributed by atoms with Gasteiger partial charge in [0, 0.05) is 18.5 Å². The van der Waals surface area contributed by atoms with Gasteiger partial charge in [0.25, 0.3) is 0 Å². The monoisotopic (exact) mass is 215 g/mol. The maximum Gasteiger partial charge on any atom is 0.312 e. The Morgan fingerprint density at radius 2 is 2.13 bits per heavy atom. The van der Waals surface area contributed by atoms with Crippen molar-refractivity contribution >= 4 is 5.97 Å². The number of esters is 1. The summed E-state index contributed by atoms with van der Waals surface area (Å²) in [5.41, 5.74) is -0.220. The van der Waals surface area contributed by atoms with Crippen molar-refractivity contribution < 1.29 is 14.3 Å². The fourth-order valence-electron chi connectivity index (χ4n) is 1.58. The molecular formula is C11H21NO3. The highest BCUT2D eigenvalue weighted by atomic mass is 16.5. The molecule has 4 heteroatoms. The third-order valence-corrected chi connectivity index (χ3v) is 2.76. The third kappa shape index (κ3) is 3.18. The molecule has 88 valence electrons. The molecular weight excluding hydrogens is 194 g/mol. The number of carbonyl (C=O) groups is 1. The first-order chi connectivity index (χ1) is 6.90. The zero-order valence-electron chi connectivity index (χ0n) is 10.1. The molecule has 1 heterocycles. The van der Waals surface area contributed by atoms with Crippen LogP contribution < -0.4 is 5.32 Å². The molecule has 0 aliphatic carbocycles. The van der Waals surface area contributed by atoms with Gasteiger partial charge < -0.3 is 14.8 Å². The highest BCUT2D eigenvalue weighted by Crippen LogP contribution is 2.25. The van der Waals surface area contributed by atoms with Crippen molar-refractivity contribution in [2.24, 2.45) is 10.8 Å². The first-order valence-electron chi connectivity index (χ1n) is 5.27. The Balaban J connectivity index is 2.26. The Labute approximate surface area is 91.3 Å². The number of hydrogen-bond acceptors (Lipinski definition) is 4. The van der Waals surface area contributed by atoms with Crippen molar-refractivity contribution in [3.63, 3.8) is 0 Å². The largest absolute Gasteiger partial charge is 0.469 e. The molecule has 1 fully saturated rings. The minimum absolute atomic E-state index is 0.176. The lowest BCUT2D eigenvalue weighted by Gasteiger charge is -2.38. The zero-order valence-corrected chi connectivity index (χ0v) is 10.1. The van der Waals surface area contributed by atoms with E-state index in [1.54, 1.807) is 0 Å². The lowest BCUT2D eigenvalue weighted by atomic mass is 9.87. The van der Waals surface area contributed by atoms with Crippen molar-refractivity contribution in [2.45, 2.75) is 20.8 Å². The van der Waals surface area contributed by atoms with Crippen molar-refractivity contribution in [2.75, 3.05) is 33.4 Å². The summed E-state index contributed by atoms with van der Waals surface area (Å²) >= 11 is 0. The van der Waals surface area contributed by atoms with Gasteiger partial charge in [-0.1, -0.05) is 6.92 Å². The van der Waals surface area contributed by atoms with E-state index in [0.717, 1.165) is 19.8 Å². The van der Waals surface area contributed by atoms with E-state index in [1.807, 2.05) is 13.8 Å². The topological polar surface area (TPSA) is 47.6 Å². The molecule has 0 aromatic rings. The zero-order chi connectivity index (χ0) is 11.5. The molecule has 0 aromatic heterocycles. The summed E-state index contributed by atoms with van der Waals surface area (Å²) in [6.07, 6.45) is 0. The Morgan fingerprint density at radius 1 is 1.53 bits per heavy atom. The predicted octanol–water partition coefficient (Wildman–Crippen LogP) is 0.812. The fourth-order valence-corrected chi connectivity index (χ4v) is 1.58. The van der Waals surface area contributed by atoms with Crippen molar-refractivity contribution in [3.05, 3.63) is 0 Å². The highest BCUT2D eigenvalue weighted by Gasteiger charge is 2.34. The maximum absolute atomic E-state index is 11.4. The average molecular weight is 215 g/mol. The van der Waals surface area contributed by atoms with Crippen LogP contribution >= 0.6 is 0 Å². The van der Waals surface area contributed by atoms with E-state index in [0.29, 0.717) is 6.54 Å². The van der Waals surface area contributed by atoms with Crippen molar-refractivity contribution in [3.8, 4) is 0 Å². The molecule has 0 atom stereocenters. The van der Waals surface area contributed by atoms with Crippen LogP contribution in [0.25, 0.3) is 0 Å². The van der Waals surface area contributed by atoms with Gasteiger partial charge in [-0.25, -0.2) is 0 Å². The van der Waals surface area contributed by atoms with E-state index in [2.05, 4.69) is 12.2 Å². The second kappa shape index (κ2) is 4.49. The van der Waals surface area contributed by atoms with Crippen LogP contribution in [0, 0.1) is 10.8 Å². The van der Waals surface area contributed by atoms with Crippen LogP contribution in [-0.2, 0) is 14.3 Å². The molecule has 0 aromatic carbocycles. The first kappa shape index (κ1) is 12.5. The Kier molecular flexibility index (Phi) is 3.73. The molecule has 0 bridgehead atoms. The molecule has 1 rings (SSSR count). The molecule has 0 radical (unpaired) electrons. The number of hydrogen-bond donors (Lipinski definition) is 1. The lowest BCUT2D eigenvalue weighted by molar-refractivity contribution is -0.150. The average Bonchev–Trinajstić information content (AvgIpc) is 2.13. The van der Waals surface area contributed by atoms with Crippen LogP contribution in [0.4, 0.5) is 0 Å². The van der Waals surface area contributed by atoms with Gasteiger partial charge >= 0.3 is 5.97 Å². The molecule has 0 amide bonds. The molecule has 15 heavy (non-hydrogen) atoms. The Hall–Kier alpha value is -0.610. The summed E-state index contributed by atoms with van der Waals surface area (Å²) < 4.78 is 9.89. The van der Waals surface area contributed by atoms with Gasteiger partial charge in [0.2, 0.25) is 0 Å². The summed E-state index contributed by atoms with van der Waals surface area (Å²) in [6, 6.07) is 0. The summed E-state index contributed by atoms with van der Waals surface area (Å²) in [5.74, 6) is -0.176. The van der Waals surface area contributed by atoms with Crippen molar-refractivity contribution in [1.82, 2.24) is 5.32 Å². The lowest BCUT2D eigenvalue weighted by Crippen LogP contribution is -2.49. The standard InChI is InChI=1S/C11H21NO3/c1-10(2,9(13)14-4)5-12-6-11(3)7-15-8-11/h12H,5-8H2,1-4H3. The number of rotatable bonds is 5. The summed E-state index contributed by atoms with van der Waals surface area (Å²) in [7, 11) is 1.42. The quantitative estimate of drug-likeness (QED) is 0.689. The van der Waals surface area contributed by atoms with E-state index in [4.69, 9.17) is 9.47 Å². The van der Waals surface area contributed by atoms with Gasteiger partial charge in [-0.2, -0.15) is 0 Å². The second-order valence-corrected chi connectivity index (χ2v) is 5.28.